The molecule has 5 heavy (non-hydrogen) atoms. The van der Waals surface area contributed by atoms with Crippen LogP contribution in [-0.4, -0.2) is 16.7 Å². The van der Waals surface area contributed by atoms with E-state index in [9.17, 15) is 4.53 Å². The molecule has 0 fully saturated rings. The van der Waals surface area contributed by atoms with E-state index in [4.69, 9.17) is 10.2 Å². The van der Waals surface area contributed by atoms with Crippen molar-refractivity contribution in [3.05, 3.63) is 0 Å². The Kier molecular flexibility index (Phi) is 1.99. The van der Waals surface area contributed by atoms with Gasteiger partial charge in [-0.05, 0) is 4.53 Å². The molecule has 0 amide bonds. The van der Waals surface area contributed by atoms with Gasteiger partial charge in [-0.15, -0.1) is 4.94 Å². The van der Waals surface area contributed by atoms with E-state index >= 15 is 0 Å². The summed E-state index contributed by atoms with van der Waals surface area (Å²) < 4.78 is 10.1. The maximum atomic E-state index is 10.1. The van der Waals surface area contributed by atoms with Gasteiger partial charge in [0.25, 0.3) is 0 Å². The Labute approximate surface area is 27.5 Å². The zero-order chi connectivity index (χ0) is 4.28. The quantitative estimate of drug-likeness (QED) is 0.405. The monoisotopic (exact) mass is 82.0 g/mol. The highest BCUT2D eigenvalue weighted by Gasteiger charge is 1.88. The minimum absolute atomic E-state index is 2.28. The van der Waals surface area contributed by atoms with E-state index in [0.717, 1.165) is 0 Å². The maximum absolute atomic E-state index is 10.1. The summed E-state index contributed by atoms with van der Waals surface area (Å²) >= 11 is 0. The average Bonchev–Trinajstić information content (AvgIpc) is 1.38. The van der Waals surface area contributed by atoms with Crippen LogP contribution in [0.4, 0.5) is 4.53 Å². The Hall–Kier alpha value is -0.190. The fourth-order valence-corrected chi connectivity index (χ4v) is 0. The molecular formula is CH3FO3. The van der Waals surface area contributed by atoms with Crippen LogP contribution in [0.1, 0.15) is 0 Å². The van der Waals surface area contributed by atoms with Crippen LogP contribution in [0.25, 0.3) is 0 Å². The van der Waals surface area contributed by atoms with Gasteiger partial charge in [0.15, 0.2) is 0 Å². The lowest BCUT2D eigenvalue weighted by Gasteiger charge is -1.86. The molecule has 0 saturated carbocycles. The molecule has 0 aromatic rings. The molecule has 0 aliphatic rings. The Morgan fingerprint density at radius 3 is 1.80 bits per heavy atom. The van der Waals surface area contributed by atoms with Gasteiger partial charge in [-0.25, -0.2) is 0 Å². The first-order valence-corrected chi connectivity index (χ1v) is 0.906. The summed E-state index contributed by atoms with van der Waals surface area (Å²) in [4.78, 5) is 2.36. The van der Waals surface area contributed by atoms with Crippen LogP contribution >= 0.6 is 0 Å². The van der Waals surface area contributed by atoms with Gasteiger partial charge >= 0.3 is 6.48 Å². The van der Waals surface area contributed by atoms with Crippen molar-refractivity contribution >= 4 is 0 Å². The first-order valence-electron chi connectivity index (χ1n) is 0.906. The molecule has 0 saturated heterocycles. The van der Waals surface area contributed by atoms with E-state index in [1.165, 1.54) is 0 Å². The second-order valence-electron chi connectivity index (χ2n) is 0.415. The molecule has 0 aliphatic carbocycles. The number of aliphatic hydroxyl groups is 2. The van der Waals surface area contributed by atoms with Gasteiger partial charge in [0.1, 0.15) is 0 Å². The lowest BCUT2D eigenvalue weighted by atomic mass is 11.4. The lowest BCUT2D eigenvalue weighted by Crippen LogP contribution is -2.01. The van der Waals surface area contributed by atoms with Gasteiger partial charge in [0.2, 0.25) is 0 Å². The van der Waals surface area contributed by atoms with Crippen LogP contribution in [0.15, 0.2) is 0 Å². The normalized spacial score (nSPS) is 9.60. The van der Waals surface area contributed by atoms with Crippen LogP contribution in [0.5, 0.6) is 0 Å². The molecule has 0 spiro atoms. The molecule has 0 aromatic carbocycles. The predicted octanol–water partition coefficient (Wildman–Crippen LogP) is -0.844. The SMILES string of the molecule is OC(O)OF. The minimum Gasteiger partial charge on any atom is -0.344 e. The van der Waals surface area contributed by atoms with Crippen molar-refractivity contribution in [2.45, 2.75) is 6.48 Å². The Morgan fingerprint density at radius 2 is 1.80 bits per heavy atom. The van der Waals surface area contributed by atoms with E-state index in [0.29, 0.717) is 0 Å². The van der Waals surface area contributed by atoms with Gasteiger partial charge < -0.3 is 10.2 Å². The molecule has 0 aliphatic heterocycles. The molecular weight excluding hydrogens is 79.0 g/mol. The molecule has 0 heterocycles. The zero-order valence-electron chi connectivity index (χ0n) is 2.26. The van der Waals surface area contributed by atoms with Crippen LogP contribution in [-0.2, 0) is 4.94 Å². The summed E-state index contributed by atoms with van der Waals surface area (Å²) in [6.45, 7) is -2.28. The van der Waals surface area contributed by atoms with Crippen molar-refractivity contribution in [2.75, 3.05) is 0 Å². The summed E-state index contributed by atoms with van der Waals surface area (Å²) in [5, 5.41) is 14.6. The fraction of sp³-hybridized carbons (Fsp3) is 1.00. The van der Waals surface area contributed by atoms with E-state index in [1.54, 1.807) is 0 Å². The van der Waals surface area contributed by atoms with Crippen molar-refractivity contribution in [3.8, 4) is 0 Å². The van der Waals surface area contributed by atoms with Crippen LogP contribution in [0, 0.1) is 0 Å². The van der Waals surface area contributed by atoms with Crippen molar-refractivity contribution in [3.63, 3.8) is 0 Å². The van der Waals surface area contributed by atoms with Crippen LogP contribution in [0.3, 0.4) is 0 Å². The van der Waals surface area contributed by atoms with E-state index in [2.05, 4.69) is 4.94 Å². The van der Waals surface area contributed by atoms with Crippen molar-refractivity contribution in [1.82, 2.24) is 0 Å². The standard InChI is InChI=1S/CH3FO3/c2-5-1(3)4/h1,3-4H. The number of hydrogen-bond acceptors (Lipinski definition) is 3. The van der Waals surface area contributed by atoms with E-state index in [-0.39, 0.29) is 0 Å². The number of halogens is 1. The molecule has 0 rings (SSSR count). The second-order valence-corrected chi connectivity index (χ2v) is 0.415. The van der Waals surface area contributed by atoms with Gasteiger partial charge in [-0.1, -0.05) is 0 Å². The summed E-state index contributed by atoms with van der Waals surface area (Å²) in [5.41, 5.74) is 0. The first-order chi connectivity index (χ1) is 2.27. The van der Waals surface area contributed by atoms with E-state index in [1.807, 2.05) is 0 Å². The fourth-order valence-electron chi connectivity index (χ4n) is 0. The topological polar surface area (TPSA) is 49.7 Å². The second kappa shape index (κ2) is 2.07. The van der Waals surface area contributed by atoms with E-state index < -0.39 is 6.48 Å². The Balaban J connectivity index is 2.54. The minimum atomic E-state index is -2.28. The highest BCUT2D eigenvalue weighted by atomic mass is 19.3. The summed E-state index contributed by atoms with van der Waals surface area (Å²) in [5.74, 6) is 0. The van der Waals surface area contributed by atoms with Crippen LogP contribution < -0.4 is 0 Å². The first kappa shape index (κ1) is 4.81. The van der Waals surface area contributed by atoms with Gasteiger partial charge in [0.05, 0.1) is 0 Å². The third kappa shape index (κ3) is 3.81. The summed E-state index contributed by atoms with van der Waals surface area (Å²) in [7, 11) is 0. The maximum Gasteiger partial charge on any atom is 0.301 e. The van der Waals surface area contributed by atoms with Crippen molar-refractivity contribution in [1.29, 1.82) is 0 Å². The molecule has 32 valence electrons. The van der Waals surface area contributed by atoms with Gasteiger partial charge in [-0.3, -0.25) is 0 Å². The molecule has 4 heteroatoms. The highest BCUT2D eigenvalue weighted by Crippen LogP contribution is 1.74. The molecule has 0 radical (unpaired) electrons. The zero-order valence-corrected chi connectivity index (χ0v) is 2.26. The third-order valence-corrected chi connectivity index (χ3v) is 0.0797. The number of hydrogen-bond donors (Lipinski definition) is 2. The molecule has 3 nitrogen and oxygen atoms in total. The summed E-state index contributed by atoms with van der Waals surface area (Å²) in [6.07, 6.45) is 0. The number of aliphatic hydroxyl groups excluding tert-OH is 1. The van der Waals surface area contributed by atoms with Crippen LogP contribution in [0.2, 0.25) is 0 Å². The molecule has 0 bridgehead atoms. The lowest BCUT2D eigenvalue weighted by molar-refractivity contribution is -0.341. The average molecular weight is 82.0 g/mol. The van der Waals surface area contributed by atoms with Gasteiger partial charge in [0, 0.05) is 0 Å². The third-order valence-electron chi connectivity index (χ3n) is 0.0797. The molecule has 0 aromatic heterocycles. The largest absolute Gasteiger partial charge is 0.344 e. The predicted molar refractivity (Wildman–Crippen MR) is 10.4 cm³/mol. The Morgan fingerprint density at radius 1 is 1.60 bits per heavy atom. The number of rotatable bonds is 1. The molecule has 2 N–H and O–H groups in total. The molecule has 0 atom stereocenters. The highest BCUT2D eigenvalue weighted by molar-refractivity contribution is 3.82. The van der Waals surface area contributed by atoms with Crippen molar-refractivity contribution in [2.24, 2.45) is 0 Å². The summed E-state index contributed by atoms with van der Waals surface area (Å²) in [6, 6.07) is 0. The Bertz CT molecular complexity index is 20.9. The molecule has 0 unspecified atom stereocenters. The smallest absolute Gasteiger partial charge is 0.301 e. The van der Waals surface area contributed by atoms with Crippen molar-refractivity contribution < 1.29 is 19.7 Å². The van der Waals surface area contributed by atoms with Gasteiger partial charge in [-0.2, -0.15) is 0 Å².